The minimum atomic E-state index is -0.195. The zero-order valence-electron chi connectivity index (χ0n) is 18.6. The third-order valence-electron chi connectivity index (χ3n) is 5.08. The molecule has 9 heteroatoms. The van der Waals surface area contributed by atoms with Gasteiger partial charge in [-0.25, -0.2) is 4.68 Å². The number of carbonyl (C=O) groups excluding carboxylic acids is 1. The quantitative estimate of drug-likeness (QED) is 0.275. The summed E-state index contributed by atoms with van der Waals surface area (Å²) in [6, 6.07) is 19.8. The van der Waals surface area contributed by atoms with Crippen LogP contribution in [0.1, 0.15) is 11.1 Å². The number of fused-ring (bicyclic) bond motifs is 1. The van der Waals surface area contributed by atoms with Gasteiger partial charge in [0.05, 0.1) is 0 Å². The number of anilines is 1. The smallest absolute Gasteiger partial charge is 0.262 e. The van der Waals surface area contributed by atoms with Gasteiger partial charge in [-0.1, -0.05) is 59.8 Å². The number of nitrogens with zero attached hydrogens (tertiary/aromatic N) is 4. The topological polar surface area (TPSA) is 94.0 Å². The third-order valence-corrected chi connectivity index (χ3v) is 6.10. The van der Waals surface area contributed by atoms with Gasteiger partial charge in [-0.15, -0.1) is 5.10 Å². The van der Waals surface area contributed by atoms with Gasteiger partial charge in [0.15, 0.2) is 6.61 Å². The molecule has 1 amide bonds. The van der Waals surface area contributed by atoms with Crippen molar-refractivity contribution in [2.45, 2.75) is 18.6 Å². The number of amides is 1. The van der Waals surface area contributed by atoms with Crippen LogP contribution in [0.5, 0.6) is 5.75 Å². The number of aryl methyl sites for hydroxylation is 2. The van der Waals surface area contributed by atoms with Crippen LogP contribution in [0.4, 0.5) is 5.69 Å². The molecule has 0 aliphatic carbocycles. The minimum Gasteiger partial charge on any atom is -0.483 e. The Morgan fingerprint density at radius 1 is 1.09 bits per heavy atom. The molecule has 4 rings (SSSR count). The summed E-state index contributed by atoms with van der Waals surface area (Å²) < 4.78 is 7.60. The molecule has 170 valence electrons. The van der Waals surface area contributed by atoms with Crippen LogP contribution in [0.15, 0.2) is 65.8 Å². The average Bonchev–Trinajstić information content (AvgIpc) is 3.24. The van der Waals surface area contributed by atoms with E-state index in [1.807, 2.05) is 62.5 Å². The standard InChI is InChI=1S/C24H26N6O2S/c1-17-7-10-19(11-8-17)26-23(31)16-32-22-12-9-18-5-3-4-6-20(18)21(22)15-25-13-14-33-24-27-28-29-30(24)2/h3-12,25H,13-16H2,1-2H3,(H,26,31). The fourth-order valence-electron chi connectivity index (χ4n) is 3.38. The number of hydrogen-bond acceptors (Lipinski definition) is 7. The second kappa shape index (κ2) is 10.9. The van der Waals surface area contributed by atoms with Gasteiger partial charge in [-0.3, -0.25) is 4.79 Å². The Morgan fingerprint density at radius 3 is 2.70 bits per heavy atom. The maximum atomic E-state index is 12.4. The van der Waals surface area contributed by atoms with Crippen molar-refractivity contribution in [3.8, 4) is 5.75 Å². The van der Waals surface area contributed by atoms with Crippen molar-refractivity contribution in [1.29, 1.82) is 0 Å². The number of benzene rings is 3. The monoisotopic (exact) mass is 462 g/mol. The number of hydrogen-bond donors (Lipinski definition) is 2. The van der Waals surface area contributed by atoms with E-state index in [0.29, 0.717) is 12.3 Å². The number of ether oxygens (including phenoxy) is 1. The van der Waals surface area contributed by atoms with E-state index in [-0.39, 0.29) is 12.5 Å². The normalized spacial score (nSPS) is 11.0. The van der Waals surface area contributed by atoms with Gasteiger partial charge in [0.2, 0.25) is 5.16 Å². The lowest BCUT2D eigenvalue weighted by atomic mass is 10.0. The van der Waals surface area contributed by atoms with Crippen molar-refractivity contribution >= 4 is 34.1 Å². The molecule has 0 aliphatic rings. The maximum Gasteiger partial charge on any atom is 0.262 e. The number of rotatable bonds is 10. The van der Waals surface area contributed by atoms with E-state index in [1.54, 1.807) is 16.4 Å². The van der Waals surface area contributed by atoms with E-state index in [4.69, 9.17) is 4.74 Å². The number of carbonyl (C=O) groups is 1. The van der Waals surface area contributed by atoms with Gasteiger partial charge >= 0.3 is 0 Å². The summed E-state index contributed by atoms with van der Waals surface area (Å²) in [5.41, 5.74) is 2.93. The van der Waals surface area contributed by atoms with Crippen LogP contribution in [-0.4, -0.2) is 45.0 Å². The van der Waals surface area contributed by atoms with Gasteiger partial charge in [0, 0.05) is 37.1 Å². The van der Waals surface area contributed by atoms with Crippen LogP contribution < -0.4 is 15.4 Å². The molecule has 0 fully saturated rings. The van der Waals surface area contributed by atoms with Gasteiger partial charge in [0.1, 0.15) is 5.75 Å². The Kier molecular flexibility index (Phi) is 7.54. The number of nitrogens with one attached hydrogen (secondary N) is 2. The summed E-state index contributed by atoms with van der Waals surface area (Å²) in [6.07, 6.45) is 0. The van der Waals surface area contributed by atoms with Crippen LogP contribution in [0, 0.1) is 6.92 Å². The number of tetrazole rings is 1. The van der Waals surface area contributed by atoms with E-state index in [2.05, 4.69) is 38.3 Å². The van der Waals surface area contributed by atoms with Crippen LogP contribution in [0.2, 0.25) is 0 Å². The summed E-state index contributed by atoms with van der Waals surface area (Å²) in [6.45, 7) is 3.34. The molecular weight excluding hydrogens is 436 g/mol. The Bertz CT molecular complexity index is 1230. The zero-order valence-corrected chi connectivity index (χ0v) is 19.4. The molecule has 0 spiro atoms. The van der Waals surface area contributed by atoms with Crippen molar-refractivity contribution in [3.63, 3.8) is 0 Å². The van der Waals surface area contributed by atoms with E-state index in [1.165, 1.54) is 0 Å². The van der Waals surface area contributed by atoms with Crippen LogP contribution in [-0.2, 0) is 18.4 Å². The highest BCUT2D eigenvalue weighted by atomic mass is 32.2. The Balaban J connectivity index is 1.38. The lowest BCUT2D eigenvalue weighted by Crippen LogP contribution is -2.22. The Hall–Kier alpha value is -3.43. The summed E-state index contributed by atoms with van der Waals surface area (Å²) in [4.78, 5) is 12.4. The number of aromatic nitrogens is 4. The second-order valence-corrected chi connectivity index (χ2v) is 8.64. The molecule has 0 aliphatic heterocycles. The first-order chi connectivity index (χ1) is 16.1. The first-order valence-electron chi connectivity index (χ1n) is 10.7. The van der Waals surface area contributed by atoms with Crippen molar-refractivity contribution in [2.75, 3.05) is 24.2 Å². The molecule has 8 nitrogen and oxygen atoms in total. The van der Waals surface area contributed by atoms with E-state index < -0.39 is 0 Å². The minimum absolute atomic E-state index is 0.0613. The van der Waals surface area contributed by atoms with Crippen molar-refractivity contribution in [1.82, 2.24) is 25.5 Å². The molecule has 33 heavy (non-hydrogen) atoms. The molecule has 0 atom stereocenters. The Labute approximate surface area is 196 Å². The molecule has 0 saturated carbocycles. The molecule has 0 radical (unpaired) electrons. The van der Waals surface area contributed by atoms with E-state index >= 15 is 0 Å². The Morgan fingerprint density at radius 2 is 1.91 bits per heavy atom. The second-order valence-electron chi connectivity index (χ2n) is 7.58. The summed E-state index contributed by atoms with van der Waals surface area (Å²) in [5, 5.41) is 20.8. The fraction of sp³-hybridized carbons (Fsp3) is 0.250. The highest BCUT2D eigenvalue weighted by Gasteiger charge is 2.11. The van der Waals surface area contributed by atoms with E-state index in [0.717, 1.165) is 45.0 Å². The van der Waals surface area contributed by atoms with Crippen LogP contribution >= 0.6 is 11.8 Å². The molecule has 2 N–H and O–H groups in total. The lowest BCUT2D eigenvalue weighted by Gasteiger charge is -2.15. The first kappa shape index (κ1) is 22.8. The van der Waals surface area contributed by atoms with Gasteiger partial charge < -0.3 is 15.4 Å². The van der Waals surface area contributed by atoms with E-state index in [9.17, 15) is 4.79 Å². The van der Waals surface area contributed by atoms with Crippen LogP contribution in [0.25, 0.3) is 10.8 Å². The highest BCUT2D eigenvalue weighted by molar-refractivity contribution is 7.99. The zero-order chi connectivity index (χ0) is 23.0. The van der Waals surface area contributed by atoms with Crippen molar-refractivity contribution in [2.24, 2.45) is 7.05 Å². The molecule has 1 aromatic heterocycles. The predicted octanol–water partition coefficient (Wildman–Crippen LogP) is 3.57. The number of thioether (sulfide) groups is 1. The summed E-state index contributed by atoms with van der Waals surface area (Å²) >= 11 is 1.59. The third kappa shape index (κ3) is 6.09. The molecule has 0 bridgehead atoms. The summed E-state index contributed by atoms with van der Waals surface area (Å²) in [5.74, 6) is 1.33. The largest absolute Gasteiger partial charge is 0.483 e. The molecular formula is C24H26N6O2S. The SMILES string of the molecule is Cc1ccc(NC(=O)COc2ccc3ccccc3c2CNCCSc2nnnn2C)cc1. The van der Waals surface area contributed by atoms with Gasteiger partial charge in [-0.2, -0.15) is 0 Å². The molecule has 1 heterocycles. The lowest BCUT2D eigenvalue weighted by molar-refractivity contribution is -0.118. The average molecular weight is 463 g/mol. The fourth-order valence-corrected chi connectivity index (χ4v) is 4.13. The molecule has 3 aromatic carbocycles. The van der Waals surface area contributed by atoms with Gasteiger partial charge in [-0.05, 0) is 46.3 Å². The predicted molar refractivity (Wildman–Crippen MR) is 130 cm³/mol. The highest BCUT2D eigenvalue weighted by Crippen LogP contribution is 2.28. The van der Waals surface area contributed by atoms with Crippen LogP contribution in [0.3, 0.4) is 0 Å². The van der Waals surface area contributed by atoms with Crippen molar-refractivity contribution in [3.05, 3.63) is 71.8 Å². The molecule has 0 unspecified atom stereocenters. The molecule has 4 aromatic rings. The first-order valence-corrected chi connectivity index (χ1v) is 11.6. The van der Waals surface area contributed by atoms with Crippen molar-refractivity contribution < 1.29 is 9.53 Å². The van der Waals surface area contributed by atoms with Gasteiger partial charge in [0.25, 0.3) is 5.91 Å². The maximum absolute atomic E-state index is 12.4. The summed E-state index contributed by atoms with van der Waals surface area (Å²) in [7, 11) is 1.82. The molecule has 0 saturated heterocycles.